The zero-order valence-electron chi connectivity index (χ0n) is 7.55. The fourth-order valence-corrected chi connectivity index (χ4v) is 1.95. The third kappa shape index (κ3) is 2.21. The Morgan fingerprint density at radius 3 is 2.50 bits per heavy atom. The highest BCUT2D eigenvalue weighted by atomic mass is 16.5. The van der Waals surface area contributed by atoms with Crippen molar-refractivity contribution < 1.29 is 10.0 Å². The molecule has 3 heteroatoms. The van der Waals surface area contributed by atoms with E-state index in [1.54, 1.807) is 5.48 Å². The van der Waals surface area contributed by atoms with Crippen LogP contribution in [0.3, 0.4) is 0 Å². The van der Waals surface area contributed by atoms with E-state index in [1.165, 1.54) is 19.3 Å². The first kappa shape index (κ1) is 9.52. The zero-order chi connectivity index (χ0) is 8.97. The van der Waals surface area contributed by atoms with Crippen LogP contribution in [0, 0.1) is 11.8 Å². The minimum absolute atomic E-state index is 0.0321. The van der Waals surface area contributed by atoms with Gasteiger partial charge in [-0.3, -0.25) is 10.0 Å². The van der Waals surface area contributed by atoms with Gasteiger partial charge in [0.05, 0.1) is 0 Å². The van der Waals surface area contributed by atoms with Crippen molar-refractivity contribution >= 4 is 5.91 Å². The Bertz CT molecular complexity index is 153. The van der Waals surface area contributed by atoms with Gasteiger partial charge < -0.3 is 0 Å². The summed E-state index contributed by atoms with van der Waals surface area (Å²) in [5.41, 5.74) is 1.72. The number of hydrogen-bond acceptors (Lipinski definition) is 2. The average molecular weight is 171 g/mol. The van der Waals surface area contributed by atoms with Crippen LogP contribution in [0.5, 0.6) is 0 Å². The summed E-state index contributed by atoms with van der Waals surface area (Å²) < 4.78 is 0. The van der Waals surface area contributed by atoms with Gasteiger partial charge in [-0.15, -0.1) is 0 Å². The maximum absolute atomic E-state index is 11.0. The lowest BCUT2D eigenvalue weighted by atomic mass is 9.80. The van der Waals surface area contributed by atoms with E-state index in [0.29, 0.717) is 5.92 Å². The molecule has 0 aromatic heterocycles. The van der Waals surface area contributed by atoms with E-state index in [4.69, 9.17) is 5.21 Å². The molecule has 1 aliphatic carbocycles. The largest absolute Gasteiger partial charge is 0.289 e. The Labute approximate surface area is 73.1 Å². The summed E-state index contributed by atoms with van der Waals surface area (Å²) >= 11 is 0. The van der Waals surface area contributed by atoms with Crippen molar-refractivity contribution in [1.82, 2.24) is 5.48 Å². The van der Waals surface area contributed by atoms with Crippen LogP contribution >= 0.6 is 0 Å². The van der Waals surface area contributed by atoms with Crippen molar-refractivity contribution in [2.24, 2.45) is 11.8 Å². The van der Waals surface area contributed by atoms with Gasteiger partial charge in [-0.25, -0.2) is 5.48 Å². The summed E-state index contributed by atoms with van der Waals surface area (Å²) in [7, 11) is 0. The summed E-state index contributed by atoms with van der Waals surface area (Å²) in [4.78, 5) is 11.0. The normalized spacial score (nSPS) is 21.8. The highest BCUT2D eigenvalue weighted by Gasteiger charge is 2.24. The lowest BCUT2D eigenvalue weighted by Crippen LogP contribution is -2.31. The van der Waals surface area contributed by atoms with Crippen molar-refractivity contribution in [2.45, 2.75) is 39.0 Å². The first-order valence-electron chi connectivity index (χ1n) is 4.69. The lowest BCUT2D eigenvalue weighted by molar-refractivity contribution is -0.134. The first-order chi connectivity index (χ1) is 5.75. The molecule has 0 radical (unpaired) electrons. The number of hydroxylamine groups is 1. The number of hydrogen-bond donors (Lipinski definition) is 2. The smallest absolute Gasteiger partial charge is 0.246 e. The van der Waals surface area contributed by atoms with Gasteiger partial charge in [-0.05, 0) is 18.8 Å². The molecule has 70 valence electrons. The second-order valence-corrected chi connectivity index (χ2v) is 3.66. The van der Waals surface area contributed by atoms with E-state index < -0.39 is 0 Å². The van der Waals surface area contributed by atoms with Gasteiger partial charge in [0.15, 0.2) is 0 Å². The second-order valence-electron chi connectivity index (χ2n) is 3.66. The Morgan fingerprint density at radius 1 is 1.42 bits per heavy atom. The molecule has 1 atom stereocenters. The van der Waals surface area contributed by atoms with Crippen LogP contribution in [0.15, 0.2) is 0 Å². The highest BCUT2D eigenvalue weighted by Crippen LogP contribution is 2.29. The molecule has 0 aromatic rings. The average Bonchev–Trinajstić information content (AvgIpc) is 2.17. The van der Waals surface area contributed by atoms with Crippen LogP contribution in [-0.2, 0) is 4.79 Å². The van der Waals surface area contributed by atoms with Crippen molar-refractivity contribution in [3.05, 3.63) is 0 Å². The van der Waals surface area contributed by atoms with Gasteiger partial charge in [-0.1, -0.05) is 26.2 Å². The maximum Gasteiger partial charge on any atom is 0.246 e. The molecule has 0 aliphatic heterocycles. The van der Waals surface area contributed by atoms with Crippen LogP contribution in [0.1, 0.15) is 39.0 Å². The minimum Gasteiger partial charge on any atom is -0.289 e. The fourth-order valence-electron chi connectivity index (χ4n) is 1.95. The lowest BCUT2D eigenvalue weighted by Gasteiger charge is -2.25. The number of amides is 1. The molecule has 1 saturated carbocycles. The monoisotopic (exact) mass is 171 g/mol. The third-order valence-corrected chi connectivity index (χ3v) is 2.88. The molecular formula is C9H17NO2. The van der Waals surface area contributed by atoms with Crippen LogP contribution in [0.2, 0.25) is 0 Å². The summed E-state index contributed by atoms with van der Waals surface area (Å²) in [6, 6.07) is 0. The minimum atomic E-state index is -0.234. The van der Waals surface area contributed by atoms with E-state index in [9.17, 15) is 4.79 Å². The maximum atomic E-state index is 11.0. The zero-order valence-corrected chi connectivity index (χ0v) is 7.55. The van der Waals surface area contributed by atoms with E-state index in [2.05, 4.69) is 0 Å². The van der Waals surface area contributed by atoms with Crippen LogP contribution in [0.4, 0.5) is 0 Å². The summed E-state index contributed by atoms with van der Waals surface area (Å²) in [5.74, 6) is 0.211. The van der Waals surface area contributed by atoms with Crippen LogP contribution in [0.25, 0.3) is 0 Å². The molecule has 1 amide bonds. The molecular weight excluding hydrogens is 154 g/mol. The van der Waals surface area contributed by atoms with Crippen molar-refractivity contribution in [3.8, 4) is 0 Å². The molecule has 1 rings (SSSR count). The van der Waals surface area contributed by atoms with Gasteiger partial charge in [0.25, 0.3) is 0 Å². The molecule has 1 unspecified atom stereocenters. The van der Waals surface area contributed by atoms with E-state index >= 15 is 0 Å². The third-order valence-electron chi connectivity index (χ3n) is 2.88. The van der Waals surface area contributed by atoms with Crippen molar-refractivity contribution in [2.75, 3.05) is 0 Å². The molecule has 0 aromatic carbocycles. The summed E-state index contributed by atoms with van der Waals surface area (Å²) in [5, 5.41) is 8.44. The van der Waals surface area contributed by atoms with Gasteiger partial charge in [-0.2, -0.15) is 0 Å². The van der Waals surface area contributed by atoms with Crippen LogP contribution in [-0.4, -0.2) is 11.1 Å². The number of carbonyl (C=O) groups is 1. The predicted octanol–water partition coefficient (Wildman–Crippen LogP) is 1.71. The van der Waals surface area contributed by atoms with Gasteiger partial charge in [0, 0.05) is 5.92 Å². The topological polar surface area (TPSA) is 49.3 Å². The first-order valence-corrected chi connectivity index (χ1v) is 4.69. The quantitative estimate of drug-likeness (QED) is 0.491. The Hall–Kier alpha value is -0.570. The fraction of sp³-hybridized carbons (Fsp3) is 0.889. The number of carbonyl (C=O) groups excluding carboxylic acids is 1. The van der Waals surface area contributed by atoms with Crippen molar-refractivity contribution in [1.29, 1.82) is 0 Å². The predicted molar refractivity (Wildman–Crippen MR) is 45.7 cm³/mol. The van der Waals surface area contributed by atoms with Gasteiger partial charge in [0.1, 0.15) is 0 Å². The second kappa shape index (κ2) is 4.45. The van der Waals surface area contributed by atoms with E-state index in [0.717, 1.165) is 12.8 Å². The summed E-state index contributed by atoms with van der Waals surface area (Å²) in [6.45, 7) is 1.89. The van der Waals surface area contributed by atoms with E-state index in [-0.39, 0.29) is 11.8 Å². The van der Waals surface area contributed by atoms with Gasteiger partial charge >= 0.3 is 0 Å². The highest BCUT2D eigenvalue weighted by molar-refractivity contribution is 5.77. The Kier molecular flexibility index (Phi) is 3.53. The molecule has 3 nitrogen and oxygen atoms in total. The molecule has 1 fully saturated rings. The Morgan fingerprint density at radius 2 is 2.00 bits per heavy atom. The number of nitrogens with one attached hydrogen (secondary N) is 1. The van der Waals surface area contributed by atoms with Gasteiger partial charge in [0.2, 0.25) is 5.91 Å². The molecule has 1 aliphatic rings. The molecule has 0 saturated heterocycles. The van der Waals surface area contributed by atoms with Crippen LogP contribution < -0.4 is 5.48 Å². The standard InChI is InChI=1S/C9H17NO2/c1-7(9(11)10-12)8-5-3-2-4-6-8/h7-8,12H,2-6H2,1H3,(H,10,11). The Balaban J connectivity index is 2.39. The molecule has 2 N–H and O–H groups in total. The molecule has 0 spiro atoms. The van der Waals surface area contributed by atoms with Crippen molar-refractivity contribution in [3.63, 3.8) is 0 Å². The molecule has 0 heterocycles. The van der Waals surface area contributed by atoms with E-state index in [1.807, 2.05) is 6.92 Å². The molecule has 0 bridgehead atoms. The molecule has 12 heavy (non-hydrogen) atoms. The SMILES string of the molecule is CC(C(=O)NO)C1CCCCC1. The number of rotatable bonds is 2. The summed E-state index contributed by atoms with van der Waals surface area (Å²) in [6.07, 6.45) is 6.02.